The highest BCUT2D eigenvalue weighted by molar-refractivity contribution is 6.06. The van der Waals surface area contributed by atoms with Crippen molar-refractivity contribution in [1.82, 2.24) is 5.32 Å². The van der Waals surface area contributed by atoms with Crippen LogP contribution in [0.2, 0.25) is 0 Å². The van der Waals surface area contributed by atoms with Crippen LogP contribution in [0.25, 0.3) is 10.8 Å². The van der Waals surface area contributed by atoms with Crippen LogP contribution in [0.3, 0.4) is 0 Å². The zero-order valence-corrected chi connectivity index (χ0v) is 15.6. The van der Waals surface area contributed by atoms with E-state index < -0.39 is 17.3 Å². The monoisotopic (exact) mass is 368 g/mol. The molecule has 1 aliphatic rings. The van der Waals surface area contributed by atoms with Gasteiger partial charge in [-0.25, -0.2) is 0 Å². The first kappa shape index (κ1) is 18.9. The summed E-state index contributed by atoms with van der Waals surface area (Å²) < 4.78 is 0. The van der Waals surface area contributed by atoms with Gasteiger partial charge in [0.2, 0.25) is 11.8 Å². The Kier molecular flexibility index (Phi) is 5.17. The fourth-order valence-corrected chi connectivity index (χ4v) is 3.31. The normalized spacial score (nSPS) is 17.3. The van der Waals surface area contributed by atoms with Crippen molar-refractivity contribution in [3.63, 3.8) is 0 Å². The molecule has 0 saturated carbocycles. The van der Waals surface area contributed by atoms with E-state index in [4.69, 9.17) is 5.11 Å². The first-order valence-electron chi connectivity index (χ1n) is 9.09. The molecular weight excluding hydrogens is 344 g/mol. The lowest BCUT2D eigenvalue weighted by Crippen LogP contribution is -2.36. The van der Waals surface area contributed by atoms with E-state index in [9.17, 15) is 14.4 Å². The minimum absolute atomic E-state index is 0.0719. The Bertz CT molecular complexity index is 885. The molecule has 1 fully saturated rings. The van der Waals surface area contributed by atoms with Crippen LogP contribution >= 0.6 is 0 Å². The number of aliphatic carboxylic acids is 1. The lowest BCUT2D eigenvalue weighted by atomic mass is 9.89. The second-order valence-corrected chi connectivity index (χ2v) is 7.63. The van der Waals surface area contributed by atoms with Gasteiger partial charge in [0.15, 0.2) is 0 Å². The van der Waals surface area contributed by atoms with Gasteiger partial charge in [-0.3, -0.25) is 14.4 Å². The van der Waals surface area contributed by atoms with Crippen molar-refractivity contribution in [1.29, 1.82) is 0 Å². The molecule has 0 bridgehead atoms. The van der Waals surface area contributed by atoms with Crippen molar-refractivity contribution in [2.75, 3.05) is 18.0 Å². The fraction of sp³-hybridized carbons (Fsp3) is 0.381. The molecule has 0 radical (unpaired) electrons. The number of rotatable bonds is 6. The SMILES string of the molecule is CC(C)(CCNC(=O)C1CC(=O)N(c2cccc3ccccc23)C1)C(=O)O. The number of carboxylic acids is 1. The van der Waals surface area contributed by atoms with Gasteiger partial charge in [-0.2, -0.15) is 0 Å². The van der Waals surface area contributed by atoms with E-state index in [1.165, 1.54) is 0 Å². The number of carbonyl (C=O) groups excluding carboxylic acids is 2. The molecule has 0 aliphatic carbocycles. The Morgan fingerprint density at radius 3 is 2.63 bits per heavy atom. The summed E-state index contributed by atoms with van der Waals surface area (Å²) in [6.45, 7) is 3.86. The van der Waals surface area contributed by atoms with Crippen molar-refractivity contribution in [3.8, 4) is 0 Å². The summed E-state index contributed by atoms with van der Waals surface area (Å²) in [5.74, 6) is -1.59. The topological polar surface area (TPSA) is 86.7 Å². The minimum atomic E-state index is -0.895. The summed E-state index contributed by atoms with van der Waals surface area (Å²) in [5, 5.41) is 14.0. The molecule has 6 heteroatoms. The molecule has 2 N–H and O–H groups in total. The number of benzene rings is 2. The van der Waals surface area contributed by atoms with Gasteiger partial charge in [0, 0.05) is 24.9 Å². The Balaban J connectivity index is 1.67. The molecule has 27 heavy (non-hydrogen) atoms. The fourth-order valence-electron chi connectivity index (χ4n) is 3.31. The van der Waals surface area contributed by atoms with Gasteiger partial charge in [0.25, 0.3) is 0 Å². The molecule has 0 spiro atoms. The largest absolute Gasteiger partial charge is 0.481 e. The predicted molar refractivity (Wildman–Crippen MR) is 103 cm³/mol. The number of nitrogens with one attached hydrogen (secondary N) is 1. The van der Waals surface area contributed by atoms with Crippen LogP contribution in [0, 0.1) is 11.3 Å². The van der Waals surface area contributed by atoms with E-state index in [1.807, 2.05) is 42.5 Å². The maximum Gasteiger partial charge on any atom is 0.309 e. The van der Waals surface area contributed by atoms with Crippen LogP contribution in [0.4, 0.5) is 5.69 Å². The van der Waals surface area contributed by atoms with Gasteiger partial charge >= 0.3 is 5.97 Å². The lowest BCUT2D eigenvalue weighted by Gasteiger charge is -2.20. The van der Waals surface area contributed by atoms with Crippen molar-refractivity contribution in [2.24, 2.45) is 11.3 Å². The molecule has 1 atom stereocenters. The number of hydrogen-bond acceptors (Lipinski definition) is 3. The predicted octanol–water partition coefficient (Wildman–Crippen LogP) is 2.81. The highest BCUT2D eigenvalue weighted by Gasteiger charge is 2.36. The van der Waals surface area contributed by atoms with Crippen molar-refractivity contribution >= 4 is 34.2 Å². The quantitative estimate of drug-likeness (QED) is 0.821. The number of carboxylic acid groups (broad SMARTS) is 1. The van der Waals surface area contributed by atoms with Gasteiger partial charge < -0.3 is 15.3 Å². The molecule has 1 saturated heterocycles. The molecule has 0 aromatic heterocycles. The maximum absolute atomic E-state index is 12.5. The van der Waals surface area contributed by atoms with Crippen LogP contribution in [-0.2, 0) is 14.4 Å². The maximum atomic E-state index is 12.5. The highest BCUT2D eigenvalue weighted by atomic mass is 16.4. The summed E-state index contributed by atoms with van der Waals surface area (Å²) >= 11 is 0. The summed E-state index contributed by atoms with van der Waals surface area (Å²) in [4.78, 5) is 37.8. The van der Waals surface area contributed by atoms with Crippen LogP contribution in [-0.4, -0.2) is 36.0 Å². The van der Waals surface area contributed by atoms with Crippen LogP contribution < -0.4 is 10.2 Å². The van der Waals surface area contributed by atoms with E-state index in [0.29, 0.717) is 13.0 Å². The smallest absolute Gasteiger partial charge is 0.309 e. The van der Waals surface area contributed by atoms with Crippen LogP contribution in [0.1, 0.15) is 26.7 Å². The van der Waals surface area contributed by atoms with Gasteiger partial charge in [-0.15, -0.1) is 0 Å². The first-order valence-corrected chi connectivity index (χ1v) is 9.09. The standard InChI is InChI=1S/C21H24N2O4/c1-21(2,20(26)27)10-11-22-19(25)15-12-18(24)23(13-15)17-9-5-7-14-6-3-4-8-16(14)17/h3-9,15H,10-13H2,1-2H3,(H,22,25)(H,26,27). The summed E-state index contributed by atoms with van der Waals surface area (Å²) in [5.41, 5.74) is -0.0752. The highest BCUT2D eigenvalue weighted by Crippen LogP contribution is 2.31. The van der Waals surface area contributed by atoms with Gasteiger partial charge in [-0.1, -0.05) is 36.4 Å². The summed E-state index contributed by atoms with van der Waals surface area (Å²) in [7, 11) is 0. The van der Waals surface area contributed by atoms with Crippen LogP contribution in [0.15, 0.2) is 42.5 Å². The molecule has 1 unspecified atom stereocenters. The third-order valence-electron chi connectivity index (χ3n) is 5.18. The number of carbonyl (C=O) groups is 3. The second-order valence-electron chi connectivity index (χ2n) is 7.63. The molecule has 2 amide bonds. The van der Waals surface area contributed by atoms with E-state index in [-0.39, 0.29) is 24.8 Å². The van der Waals surface area contributed by atoms with Crippen LogP contribution in [0.5, 0.6) is 0 Å². The second kappa shape index (κ2) is 7.39. The average molecular weight is 368 g/mol. The molecule has 1 heterocycles. The van der Waals surface area contributed by atoms with E-state index in [2.05, 4.69) is 5.32 Å². The molecular formula is C21H24N2O4. The molecule has 2 aromatic rings. The molecule has 142 valence electrons. The van der Waals surface area contributed by atoms with E-state index in [0.717, 1.165) is 16.5 Å². The lowest BCUT2D eigenvalue weighted by molar-refractivity contribution is -0.147. The van der Waals surface area contributed by atoms with E-state index >= 15 is 0 Å². The minimum Gasteiger partial charge on any atom is -0.481 e. The van der Waals surface area contributed by atoms with Crippen molar-refractivity contribution in [2.45, 2.75) is 26.7 Å². The average Bonchev–Trinajstić information content (AvgIpc) is 3.02. The Hall–Kier alpha value is -2.89. The molecule has 3 rings (SSSR count). The zero-order chi connectivity index (χ0) is 19.6. The zero-order valence-electron chi connectivity index (χ0n) is 15.6. The number of amides is 2. The third-order valence-corrected chi connectivity index (χ3v) is 5.18. The first-order chi connectivity index (χ1) is 12.8. The third kappa shape index (κ3) is 3.94. The van der Waals surface area contributed by atoms with Gasteiger partial charge in [0.1, 0.15) is 0 Å². The number of fused-ring (bicyclic) bond motifs is 1. The van der Waals surface area contributed by atoms with E-state index in [1.54, 1.807) is 18.7 Å². The Morgan fingerprint density at radius 2 is 1.89 bits per heavy atom. The number of nitrogens with zero attached hydrogens (tertiary/aromatic N) is 1. The number of anilines is 1. The van der Waals surface area contributed by atoms with Crippen molar-refractivity contribution < 1.29 is 19.5 Å². The molecule has 6 nitrogen and oxygen atoms in total. The molecule has 2 aromatic carbocycles. The Morgan fingerprint density at radius 1 is 1.19 bits per heavy atom. The van der Waals surface area contributed by atoms with Gasteiger partial charge in [0.05, 0.1) is 17.0 Å². The summed E-state index contributed by atoms with van der Waals surface area (Å²) in [6.07, 6.45) is 0.499. The number of hydrogen-bond donors (Lipinski definition) is 2. The van der Waals surface area contributed by atoms with Gasteiger partial charge in [-0.05, 0) is 31.7 Å². The van der Waals surface area contributed by atoms with Crippen molar-refractivity contribution in [3.05, 3.63) is 42.5 Å². The summed E-state index contributed by atoms with van der Waals surface area (Å²) in [6, 6.07) is 13.6. The Labute approximate surface area is 158 Å². The molecule has 1 aliphatic heterocycles.